The Hall–Kier alpha value is -4.31. The fourth-order valence-electron chi connectivity index (χ4n) is 3.74. The van der Waals surface area contributed by atoms with Crippen LogP contribution in [-0.2, 0) is 0 Å². The molecule has 0 saturated carbocycles. The highest BCUT2D eigenvalue weighted by Crippen LogP contribution is 2.29. The van der Waals surface area contributed by atoms with E-state index in [0.717, 1.165) is 38.1 Å². The van der Waals surface area contributed by atoms with Crippen molar-refractivity contribution in [3.8, 4) is 11.5 Å². The van der Waals surface area contributed by atoms with E-state index in [1.54, 1.807) is 30.5 Å². The highest BCUT2D eigenvalue weighted by atomic mass is 19.1. The van der Waals surface area contributed by atoms with Crippen molar-refractivity contribution < 1.29 is 18.3 Å². The molecule has 0 atom stereocenters. The number of carbonyl (C=O) groups excluding carboxylic acids is 1. The van der Waals surface area contributed by atoms with Gasteiger partial charge in [0, 0.05) is 49.7 Å². The third-order valence-corrected chi connectivity index (χ3v) is 5.44. The highest BCUT2D eigenvalue weighted by molar-refractivity contribution is 5.99. The van der Waals surface area contributed by atoms with E-state index >= 15 is 0 Å². The molecule has 2 amide bonds. The van der Waals surface area contributed by atoms with Crippen LogP contribution in [0.4, 0.5) is 30.8 Å². The van der Waals surface area contributed by atoms with Gasteiger partial charge in [-0.3, -0.25) is 4.98 Å². The molecule has 5 rings (SSSR count). The minimum atomic E-state index is -0.658. The summed E-state index contributed by atoms with van der Waals surface area (Å²) in [5, 5.41) is 8.30. The summed E-state index contributed by atoms with van der Waals surface area (Å²) in [7, 11) is 0. The molecule has 8 nitrogen and oxygen atoms in total. The lowest BCUT2D eigenvalue weighted by atomic mass is 10.2. The lowest BCUT2D eigenvalue weighted by Crippen LogP contribution is -2.43. The summed E-state index contributed by atoms with van der Waals surface area (Å²) in [6.45, 7) is 3.48. The van der Waals surface area contributed by atoms with Gasteiger partial charge in [-0.15, -0.1) is 0 Å². The van der Waals surface area contributed by atoms with Crippen LogP contribution < -0.4 is 25.6 Å². The van der Waals surface area contributed by atoms with E-state index in [4.69, 9.17) is 9.72 Å². The molecule has 3 N–H and O–H groups in total. The molecule has 1 aromatic heterocycles. The van der Waals surface area contributed by atoms with Gasteiger partial charge in [0.25, 0.3) is 0 Å². The molecular weight excluding hydrogens is 454 g/mol. The van der Waals surface area contributed by atoms with Crippen molar-refractivity contribution in [3.63, 3.8) is 0 Å². The van der Waals surface area contributed by atoms with Crippen LogP contribution in [0.2, 0.25) is 0 Å². The fraction of sp³-hybridized carbons (Fsp3) is 0.160. The van der Waals surface area contributed by atoms with Crippen molar-refractivity contribution >= 4 is 34.3 Å². The Morgan fingerprint density at radius 2 is 1.74 bits per heavy atom. The Balaban J connectivity index is 1.27. The normalized spacial score (nSPS) is 13.5. The molecule has 2 heterocycles. The second-order valence-electron chi connectivity index (χ2n) is 7.95. The van der Waals surface area contributed by atoms with Crippen LogP contribution in [0.1, 0.15) is 0 Å². The zero-order chi connectivity index (χ0) is 24.2. The Labute approximate surface area is 200 Å². The zero-order valence-electron chi connectivity index (χ0n) is 18.6. The summed E-state index contributed by atoms with van der Waals surface area (Å²) in [5.74, 6) is 0.0537. The number of hydrogen-bond donors (Lipinski definition) is 3. The second-order valence-corrected chi connectivity index (χ2v) is 7.95. The molecule has 0 bridgehead atoms. The molecule has 3 aromatic carbocycles. The molecule has 1 saturated heterocycles. The SMILES string of the molecule is O=C(Nc1cccc(F)c1)Nc1ccc(Oc2ccc3ncc(N4CCNCC4)nc3c2)c(F)c1. The summed E-state index contributed by atoms with van der Waals surface area (Å²) >= 11 is 0. The molecule has 0 spiro atoms. The van der Waals surface area contributed by atoms with Crippen molar-refractivity contribution in [2.45, 2.75) is 0 Å². The van der Waals surface area contributed by atoms with E-state index in [1.807, 2.05) is 0 Å². The van der Waals surface area contributed by atoms with Crippen LogP contribution in [0.25, 0.3) is 11.0 Å². The Morgan fingerprint density at radius 3 is 2.51 bits per heavy atom. The van der Waals surface area contributed by atoms with Crippen molar-refractivity contribution in [3.05, 3.63) is 78.5 Å². The maximum atomic E-state index is 14.7. The molecule has 35 heavy (non-hydrogen) atoms. The average Bonchev–Trinajstić information content (AvgIpc) is 2.86. The number of benzene rings is 3. The van der Waals surface area contributed by atoms with E-state index in [-0.39, 0.29) is 17.1 Å². The van der Waals surface area contributed by atoms with Gasteiger partial charge in [0.15, 0.2) is 11.6 Å². The number of amides is 2. The molecule has 4 aromatic rings. The first kappa shape index (κ1) is 22.5. The number of piperazine rings is 1. The summed E-state index contributed by atoms with van der Waals surface area (Å²) < 4.78 is 33.7. The highest BCUT2D eigenvalue weighted by Gasteiger charge is 2.14. The fourth-order valence-corrected chi connectivity index (χ4v) is 3.74. The largest absolute Gasteiger partial charge is 0.454 e. The molecule has 1 fully saturated rings. The van der Waals surface area contributed by atoms with Gasteiger partial charge in [-0.2, -0.15) is 0 Å². The lowest BCUT2D eigenvalue weighted by molar-refractivity contribution is 0.262. The monoisotopic (exact) mass is 476 g/mol. The van der Waals surface area contributed by atoms with Gasteiger partial charge in [-0.25, -0.2) is 18.6 Å². The first-order valence-electron chi connectivity index (χ1n) is 11.1. The number of halogens is 2. The Bertz CT molecular complexity index is 1380. The number of aromatic nitrogens is 2. The smallest absolute Gasteiger partial charge is 0.323 e. The number of carbonyl (C=O) groups is 1. The average molecular weight is 476 g/mol. The van der Waals surface area contributed by atoms with Crippen LogP contribution in [0.3, 0.4) is 0 Å². The van der Waals surface area contributed by atoms with Crippen molar-refractivity contribution in [1.82, 2.24) is 15.3 Å². The molecule has 0 radical (unpaired) electrons. The van der Waals surface area contributed by atoms with Crippen molar-refractivity contribution in [2.75, 3.05) is 41.7 Å². The van der Waals surface area contributed by atoms with Crippen molar-refractivity contribution in [1.29, 1.82) is 0 Å². The number of fused-ring (bicyclic) bond motifs is 1. The maximum Gasteiger partial charge on any atom is 0.323 e. The lowest BCUT2D eigenvalue weighted by Gasteiger charge is -2.28. The number of rotatable bonds is 5. The van der Waals surface area contributed by atoms with Crippen LogP contribution in [-0.4, -0.2) is 42.2 Å². The predicted molar refractivity (Wildman–Crippen MR) is 130 cm³/mol. The quantitative estimate of drug-likeness (QED) is 0.385. The number of urea groups is 1. The van der Waals surface area contributed by atoms with Crippen LogP contribution >= 0.6 is 0 Å². The summed E-state index contributed by atoms with van der Waals surface area (Å²) in [5.41, 5.74) is 1.85. The van der Waals surface area contributed by atoms with Gasteiger partial charge >= 0.3 is 6.03 Å². The van der Waals surface area contributed by atoms with Gasteiger partial charge in [-0.05, 0) is 42.5 Å². The van der Waals surface area contributed by atoms with E-state index < -0.39 is 17.7 Å². The molecule has 1 aliphatic rings. The number of nitrogens with one attached hydrogen (secondary N) is 3. The Kier molecular flexibility index (Phi) is 6.36. The van der Waals surface area contributed by atoms with Crippen molar-refractivity contribution in [2.24, 2.45) is 0 Å². The molecule has 0 aliphatic carbocycles. The molecule has 178 valence electrons. The van der Waals surface area contributed by atoms with Crippen LogP contribution in [0.5, 0.6) is 11.5 Å². The number of anilines is 3. The summed E-state index contributed by atoms with van der Waals surface area (Å²) in [4.78, 5) is 23.5. The van der Waals surface area contributed by atoms with Gasteiger partial charge in [-0.1, -0.05) is 6.07 Å². The van der Waals surface area contributed by atoms with E-state index in [1.165, 1.54) is 30.3 Å². The summed E-state index contributed by atoms with van der Waals surface area (Å²) in [6.07, 6.45) is 1.75. The van der Waals surface area contributed by atoms with Gasteiger partial charge in [0.05, 0.1) is 17.2 Å². The molecule has 0 unspecified atom stereocenters. The topological polar surface area (TPSA) is 91.4 Å². The van der Waals surface area contributed by atoms with Crippen LogP contribution in [0, 0.1) is 11.6 Å². The first-order chi connectivity index (χ1) is 17.0. The van der Waals surface area contributed by atoms with E-state index in [2.05, 4.69) is 25.8 Å². The minimum Gasteiger partial charge on any atom is -0.454 e. The minimum absolute atomic E-state index is 0.00772. The standard InChI is InChI=1S/C25H22F2N6O2/c26-16-2-1-3-17(12-16)30-25(34)31-18-4-7-23(20(27)13-18)35-19-5-6-21-22(14-19)32-24(15-29-21)33-10-8-28-9-11-33/h1-7,12-15,28H,8-11H2,(H2,30,31,34). The van der Waals surface area contributed by atoms with Gasteiger partial charge in [0.1, 0.15) is 17.4 Å². The third-order valence-electron chi connectivity index (χ3n) is 5.44. The second kappa shape index (κ2) is 9.90. The number of ether oxygens (including phenoxy) is 1. The van der Waals surface area contributed by atoms with Gasteiger partial charge < -0.3 is 25.6 Å². The van der Waals surface area contributed by atoms with Crippen LogP contribution in [0.15, 0.2) is 66.9 Å². The maximum absolute atomic E-state index is 14.7. The van der Waals surface area contributed by atoms with E-state index in [9.17, 15) is 13.6 Å². The molecule has 10 heteroatoms. The number of hydrogen-bond acceptors (Lipinski definition) is 6. The first-order valence-corrected chi connectivity index (χ1v) is 11.1. The van der Waals surface area contributed by atoms with Gasteiger partial charge in [0.2, 0.25) is 0 Å². The third kappa shape index (κ3) is 5.44. The Morgan fingerprint density at radius 1 is 0.943 bits per heavy atom. The van der Waals surface area contributed by atoms with E-state index in [0.29, 0.717) is 16.8 Å². The zero-order valence-corrected chi connectivity index (χ0v) is 18.6. The molecule has 1 aliphatic heterocycles. The predicted octanol–water partition coefficient (Wildman–Crippen LogP) is 4.75. The molecular formula is C25H22F2N6O2. The summed E-state index contributed by atoms with van der Waals surface area (Å²) in [6, 6.07) is 14.1. The number of nitrogens with zero attached hydrogens (tertiary/aromatic N) is 3.